The molecular formula is C22H27N3O5S. The van der Waals surface area contributed by atoms with Gasteiger partial charge in [0.15, 0.2) is 0 Å². The van der Waals surface area contributed by atoms with Crippen LogP contribution >= 0.6 is 0 Å². The highest BCUT2D eigenvalue weighted by molar-refractivity contribution is 7.89. The molecule has 2 aromatic carbocycles. The Labute approximate surface area is 182 Å². The molecule has 0 unspecified atom stereocenters. The third-order valence-electron chi connectivity index (χ3n) is 5.27. The van der Waals surface area contributed by atoms with Crippen molar-refractivity contribution < 1.29 is 22.7 Å². The lowest BCUT2D eigenvalue weighted by molar-refractivity contribution is 0.0756. The molecule has 166 valence electrons. The molecule has 0 saturated carbocycles. The third kappa shape index (κ3) is 5.62. The summed E-state index contributed by atoms with van der Waals surface area (Å²) in [4.78, 5) is 28.2. The number of carbonyl (C=O) groups excluding carboxylic acids is 2. The van der Waals surface area contributed by atoms with E-state index in [2.05, 4.69) is 4.72 Å². The van der Waals surface area contributed by atoms with Gasteiger partial charge in [-0.1, -0.05) is 36.4 Å². The van der Waals surface area contributed by atoms with Gasteiger partial charge in [-0.05, 0) is 36.6 Å². The van der Waals surface area contributed by atoms with Crippen LogP contribution in [0, 0.1) is 6.92 Å². The first-order chi connectivity index (χ1) is 14.8. The van der Waals surface area contributed by atoms with Gasteiger partial charge in [0.2, 0.25) is 10.0 Å². The predicted molar refractivity (Wildman–Crippen MR) is 116 cm³/mol. The summed E-state index contributed by atoms with van der Waals surface area (Å²) in [6, 6.07) is 13.8. The zero-order valence-electron chi connectivity index (χ0n) is 17.7. The van der Waals surface area contributed by atoms with Crippen LogP contribution in [0.15, 0.2) is 53.4 Å². The number of nitrogens with one attached hydrogen (secondary N) is 1. The molecule has 1 aliphatic rings. The van der Waals surface area contributed by atoms with Gasteiger partial charge in [0.05, 0.1) is 12.0 Å². The van der Waals surface area contributed by atoms with Crippen molar-refractivity contribution in [3.63, 3.8) is 0 Å². The van der Waals surface area contributed by atoms with E-state index in [0.717, 1.165) is 5.56 Å². The molecule has 0 aliphatic carbocycles. The van der Waals surface area contributed by atoms with E-state index in [1.807, 2.05) is 30.3 Å². The molecule has 8 nitrogen and oxygen atoms in total. The van der Waals surface area contributed by atoms with Crippen molar-refractivity contribution in [1.82, 2.24) is 14.5 Å². The van der Waals surface area contributed by atoms with Crippen LogP contribution < -0.4 is 4.72 Å². The lowest BCUT2D eigenvalue weighted by Gasteiger charge is -2.22. The fraction of sp³-hybridized carbons (Fsp3) is 0.364. The van der Waals surface area contributed by atoms with Crippen LogP contribution in [0.25, 0.3) is 0 Å². The van der Waals surface area contributed by atoms with Gasteiger partial charge >= 0.3 is 6.09 Å². The van der Waals surface area contributed by atoms with Gasteiger partial charge in [0.25, 0.3) is 5.91 Å². The summed E-state index contributed by atoms with van der Waals surface area (Å²) < 4.78 is 32.9. The largest absolute Gasteiger partial charge is 0.453 e. The number of methoxy groups -OCH3 is 1. The molecule has 0 spiro atoms. The molecule has 1 heterocycles. The molecule has 0 atom stereocenters. The third-order valence-corrected chi connectivity index (χ3v) is 6.67. The second-order valence-electron chi connectivity index (χ2n) is 7.39. The number of rotatable bonds is 5. The lowest BCUT2D eigenvalue weighted by atomic mass is 10.1. The van der Waals surface area contributed by atoms with E-state index in [1.54, 1.807) is 22.8 Å². The minimum absolute atomic E-state index is 0.0448. The molecule has 1 aliphatic heterocycles. The maximum absolute atomic E-state index is 13.2. The van der Waals surface area contributed by atoms with Gasteiger partial charge in [0.1, 0.15) is 0 Å². The van der Waals surface area contributed by atoms with Crippen molar-refractivity contribution in [1.29, 1.82) is 0 Å². The van der Waals surface area contributed by atoms with Crippen molar-refractivity contribution >= 4 is 22.0 Å². The molecule has 9 heteroatoms. The Morgan fingerprint density at radius 1 is 1.00 bits per heavy atom. The lowest BCUT2D eigenvalue weighted by Crippen LogP contribution is -2.37. The van der Waals surface area contributed by atoms with Crippen LogP contribution in [-0.4, -0.2) is 63.5 Å². The van der Waals surface area contributed by atoms with Crippen molar-refractivity contribution in [2.45, 2.75) is 24.8 Å². The first-order valence-corrected chi connectivity index (χ1v) is 11.6. The van der Waals surface area contributed by atoms with Gasteiger partial charge in [-0.3, -0.25) is 4.79 Å². The van der Waals surface area contributed by atoms with Gasteiger partial charge in [0, 0.05) is 38.3 Å². The van der Waals surface area contributed by atoms with Crippen LogP contribution in [0.2, 0.25) is 0 Å². The Kier molecular flexibility index (Phi) is 7.29. The molecule has 0 radical (unpaired) electrons. The summed E-state index contributed by atoms with van der Waals surface area (Å²) in [7, 11) is -2.45. The number of ether oxygens (including phenoxy) is 1. The van der Waals surface area contributed by atoms with Crippen LogP contribution in [0.3, 0.4) is 0 Å². The summed E-state index contributed by atoms with van der Waals surface area (Å²) in [5, 5.41) is 0. The normalized spacial score (nSPS) is 14.8. The van der Waals surface area contributed by atoms with Gasteiger partial charge < -0.3 is 14.5 Å². The molecule has 31 heavy (non-hydrogen) atoms. The first kappa shape index (κ1) is 22.8. The van der Waals surface area contributed by atoms with E-state index in [0.29, 0.717) is 43.7 Å². The summed E-state index contributed by atoms with van der Waals surface area (Å²) in [5.41, 5.74) is 1.88. The van der Waals surface area contributed by atoms with Crippen LogP contribution in [-0.2, 0) is 21.3 Å². The molecule has 2 aromatic rings. The monoisotopic (exact) mass is 445 g/mol. The average Bonchev–Trinajstić information content (AvgIpc) is 3.04. The minimum atomic E-state index is -3.78. The van der Waals surface area contributed by atoms with E-state index in [-0.39, 0.29) is 17.3 Å². The number of hydrogen-bond acceptors (Lipinski definition) is 5. The highest BCUT2D eigenvalue weighted by Crippen LogP contribution is 2.19. The highest BCUT2D eigenvalue weighted by atomic mass is 32.2. The Morgan fingerprint density at radius 2 is 1.68 bits per heavy atom. The van der Waals surface area contributed by atoms with Gasteiger partial charge in [-0.25, -0.2) is 17.9 Å². The first-order valence-electron chi connectivity index (χ1n) is 10.1. The molecule has 1 fully saturated rings. The van der Waals surface area contributed by atoms with Crippen molar-refractivity contribution in [2.75, 3.05) is 33.3 Å². The number of aryl methyl sites for hydroxylation is 1. The number of carbonyl (C=O) groups is 2. The number of nitrogens with zero attached hydrogens (tertiary/aromatic N) is 2. The fourth-order valence-electron chi connectivity index (χ4n) is 3.46. The summed E-state index contributed by atoms with van der Waals surface area (Å²) in [6.07, 6.45) is 0.208. The fourth-order valence-corrected chi connectivity index (χ4v) is 4.50. The molecule has 0 bridgehead atoms. The number of amides is 2. The van der Waals surface area contributed by atoms with Crippen molar-refractivity contribution in [3.05, 3.63) is 65.2 Å². The quantitative estimate of drug-likeness (QED) is 0.762. The average molecular weight is 446 g/mol. The van der Waals surface area contributed by atoms with Crippen LogP contribution in [0.5, 0.6) is 0 Å². The van der Waals surface area contributed by atoms with Gasteiger partial charge in [-0.2, -0.15) is 0 Å². The standard InChI is InChI=1S/C22H27N3O5S/c1-17-9-10-19(31(28,29)23-16-18-7-4-3-5-8-18)15-20(17)21(26)24-11-6-12-25(14-13-24)22(27)30-2/h3-5,7-10,15,23H,6,11-14,16H2,1-2H3. The minimum Gasteiger partial charge on any atom is -0.453 e. The van der Waals surface area contributed by atoms with Gasteiger partial charge in [-0.15, -0.1) is 0 Å². The Morgan fingerprint density at radius 3 is 2.39 bits per heavy atom. The highest BCUT2D eigenvalue weighted by Gasteiger charge is 2.25. The Hall–Kier alpha value is -2.91. The summed E-state index contributed by atoms with van der Waals surface area (Å²) >= 11 is 0. The number of benzene rings is 2. The smallest absolute Gasteiger partial charge is 0.409 e. The maximum atomic E-state index is 13.2. The zero-order valence-corrected chi connectivity index (χ0v) is 18.5. The van der Waals surface area contributed by atoms with Crippen molar-refractivity contribution in [3.8, 4) is 0 Å². The molecule has 0 aromatic heterocycles. The molecule has 3 rings (SSSR count). The molecule has 2 amide bonds. The van der Waals surface area contributed by atoms with E-state index < -0.39 is 16.1 Å². The second kappa shape index (κ2) is 9.93. The summed E-state index contributed by atoms with van der Waals surface area (Å²) in [5.74, 6) is -0.246. The van der Waals surface area contributed by atoms with Crippen LogP contribution in [0.4, 0.5) is 4.79 Å². The number of hydrogen-bond donors (Lipinski definition) is 1. The maximum Gasteiger partial charge on any atom is 0.409 e. The van der Waals surface area contributed by atoms with Crippen LogP contribution in [0.1, 0.15) is 27.9 Å². The molecular weight excluding hydrogens is 418 g/mol. The Balaban J connectivity index is 1.75. The van der Waals surface area contributed by atoms with E-state index in [4.69, 9.17) is 4.74 Å². The molecule has 1 N–H and O–H groups in total. The molecule has 1 saturated heterocycles. The SMILES string of the molecule is COC(=O)N1CCCN(C(=O)c2cc(S(=O)(=O)NCc3ccccc3)ccc2C)CC1. The van der Waals surface area contributed by atoms with Crippen molar-refractivity contribution in [2.24, 2.45) is 0 Å². The number of sulfonamides is 1. The predicted octanol–water partition coefficient (Wildman–Crippen LogP) is 2.39. The van der Waals surface area contributed by atoms with E-state index in [9.17, 15) is 18.0 Å². The Bertz CT molecular complexity index is 1040. The topological polar surface area (TPSA) is 96.0 Å². The second-order valence-corrected chi connectivity index (χ2v) is 9.16. The van der Waals surface area contributed by atoms with E-state index in [1.165, 1.54) is 19.2 Å². The van der Waals surface area contributed by atoms with E-state index >= 15 is 0 Å². The summed E-state index contributed by atoms with van der Waals surface area (Å²) in [6.45, 7) is 3.66. The zero-order chi connectivity index (χ0) is 22.4.